The summed E-state index contributed by atoms with van der Waals surface area (Å²) < 4.78 is 9.38. The lowest BCUT2D eigenvalue weighted by molar-refractivity contribution is -0.163. The van der Waals surface area contributed by atoms with Crippen molar-refractivity contribution in [1.82, 2.24) is 0 Å². The topological polar surface area (TPSA) is 61.5 Å². The van der Waals surface area contributed by atoms with E-state index in [-0.39, 0.29) is 0 Å². The van der Waals surface area contributed by atoms with Gasteiger partial charge >= 0.3 is 5.97 Å². The van der Waals surface area contributed by atoms with Crippen molar-refractivity contribution in [3.8, 4) is 0 Å². The van der Waals surface area contributed by atoms with E-state index in [1.807, 2.05) is 0 Å². The minimum Gasteiger partial charge on any atom is -0.433 e. The van der Waals surface area contributed by atoms with Crippen LogP contribution >= 0.6 is 0 Å². The van der Waals surface area contributed by atoms with Gasteiger partial charge in [0.05, 0.1) is 0 Å². The van der Waals surface area contributed by atoms with Crippen LogP contribution in [0.1, 0.15) is 13.8 Å². The third-order valence-corrected chi connectivity index (χ3v) is 0.960. The molecule has 0 amide bonds. The molecule has 0 rings (SSSR count). The van der Waals surface area contributed by atoms with Gasteiger partial charge in [-0.15, -0.1) is 0 Å². The van der Waals surface area contributed by atoms with Crippen molar-refractivity contribution >= 4 is 5.97 Å². The van der Waals surface area contributed by atoms with Crippen LogP contribution < -0.4 is 5.73 Å². The van der Waals surface area contributed by atoms with Crippen LogP contribution in [-0.4, -0.2) is 19.4 Å². The summed E-state index contributed by atoms with van der Waals surface area (Å²) in [5.74, 6) is -0.487. The first-order valence-corrected chi connectivity index (χ1v) is 3.23. The van der Waals surface area contributed by atoms with Crippen molar-refractivity contribution in [2.75, 3.05) is 7.11 Å². The number of carbonyl (C=O) groups excluding carboxylic acids is 1. The molecule has 0 heterocycles. The molecule has 4 heteroatoms. The second kappa shape index (κ2) is 4.73. The number of allylic oxidation sites excluding steroid dienone is 1. The fraction of sp³-hybridized carbons (Fsp3) is 0.571. The molecule has 64 valence electrons. The smallest absolute Gasteiger partial charge is 0.334 e. The third kappa shape index (κ3) is 5.42. The van der Waals surface area contributed by atoms with Gasteiger partial charge in [0.2, 0.25) is 0 Å². The van der Waals surface area contributed by atoms with E-state index in [2.05, 4.69) is 4.74 Å². The lowest BCUT2D eigenvalue weighted by Crippen LogP contribution is -2.15. The number of nitrogens with two attached hydrogens (primary N) is 1. The van der Waals surface area contributed by atoms with E-state index in [0.29, 0.717) is 5.70 Å². The molecule has 0 aromatic rings. The Labute approximate surface area is 66.0 Å². The maximum atomic E-state index is 10.8. The highest BCUT2D eigenvalue weighted by Gasteiger charge is 2.03. The Morgan fingerprint density at radius 1 is 1.64 bits per heavy atom. The summed E-state index contributed by atoms with van der Waals surface area (Å²) in [6.07, 6.45) is 0.674. The fourth-order valence-electron chi connectivity index (χ4n) is 0.432. The molecular formula is C7H13NO3. The maximum absolute atomic E-state index is 10.8. The lowest BCUT2D eigenvalue weighted by Gasteiger charge is -2.08. The van der Waals surface area contributed by atoms with Crippen molar-refractivity contribution in [3.05, 3.63) is 11.8 Å². The van der Waals surface area contributed by atoms with Crippen LogP contribution in [-0.2, 0) is 14.3 Å². The predicted octanol–water partition coefficient (Wildman–Crippen LogP) is 0.384. The van der Waals surface area contributed by atoms with E-state index in [1.54, 1.807) is 13.8 Å². The second-order valence-electron chi connectivity index (χ2n) is 2.13. The largest absolute Gasteiger partial charge is 0.433 e. The zero-order valence-electron chi connectivity index (χ0n) is 6.96. The molecule has 1 unspecified atom stereocenters. The van der Waals surface area contributed by atoms with E-state index in [9.17, 15) is 4.79 Å². The molecule has 1 atom stereocenters. The molecule has 0 aliphatic heterocycles. The molecule has 0 spiro atoms. The molecule has 4 nitrogen and oxygen atoms in total. The lowest BCUT2D eigenvalue weighted by atomic mass is 10.4. The number of hydrogen-bond acceptors (Lipinski definition) is 4. The molecule has 2 N–H and O–H groups in total. The highest BCUT2D eigenvalue weighted by Crippen LogP contribution is 1.93. The van der Waals surface area contributed by atoms with Crippen molar-refractivity contribution in [2.45, 2.75) is 20.1 Å². The van der Waals surface area contributed by atoms with Crippen molar-refractivity contribution in [2.24, 2.45) is 5.73 Å². The first-order chi connectivity index (χ1) is 5.06. The first-order valence-electron chi connectivity index (χ1n) is 3.23. The molecule has 0 aliphatic carbocycles. The summed E-state index contributed by atoms with van der Waals surface area (Å²) >= 11 is 0. The molecule has 11 heavy (non-hydrogen) atoms. The van der Waals surface area contributed by atoms with Crippen LogP contribution in [0.5, 0.6) is 0 Å². The Hall–Kier alpha value is -1.03. The Morgan fingerprint density at radius 2 is 2.18 bits per heavy atom. The number of ether oxygens (including phenoxy) is 2. The Balaban J connectivity index is 3.79. The first kappa shape index (κ1) is 9.97. The summed E-state index contributed by atoms with van der Waals surface area (Å²) in [5, 5.41) is 0. The SMILES string of the molecule is COC(C)OC(=O)C=C(C)N. The standard InChI is InChI=1S/C7H13NO3/c1-5(8)4-7(9)11-6(2)10-3/h4,6H,8H2,1-3H3. The second-order valence-corrected chi connectivity index (χ2v) is 2.13. The molecule has 0 aliphatic rings. The van der Waals surface area contributed by atoms with Crippen LogP contribution in [0.3, 0.4) is 0 Å². The molecule has 0 saturated carbocycles. The van der Waals surface area contributed by atoms with Crippen molar-refractivity contribution in [3.63, 3.8) is 0 Å². The Kier molecular flexibility index (Phi) is 4.29. The van der Waals surface area contributed by atoms with E-state index < -0.39 is 12.3 Å². The molecule has 0 saturated heterocycles. The van der Waals surface area contributed by atoms with Crippen LogP contribution in [0.4, 0.5) is 0 Å². The summed E-state index contributed by atoms with van der Waals surface area (Å²) in [4.78, 5) is 10.8. The van der Waals surface area contributed by atoms with Gasteiger partial charge in [-0.3, -0.25) is 0 Å². The van der Waals surface area contributed by atoms with Crippen LogP contribution in [0.2, 0.25) is 0 Å². The van der Waals surface area contributed by atoms with Gasteiger partial charge in [-0.2, -0.15) is 0 Å². The Morgan fingerprint density at radius 3 is 2.55 bits per heavy atom. The van der Waals surface area contributed by atoms with E-state index in [1.165, 1.54) is 13.2 Å². The summed E-state index contributed by atoms with van der Waals surface area (Å²) in [6, 6.07) is 0. The number of rotatable bonds is 3. The summed E-state index contributed by atoms with van der Waals surface area (Å²) in [7, 11) is 1.46. The van der Waals surface area contributed by atoms with Gasteiger partial charge in [0.1, 0.15) is 0 Å². The molecule has 0 radical (unpaired) electrons. The van der Waals surface area contributed by atoms with E-state index in [4.69, 9.17) is 10.5 Å². The van der Waals surface area contributed by atoms with E-state index >= 15 is 0 Å². The number of esters is 1. The minimum atomic E-state index is -0.530. The number of hydrogen-bond donors (Lipinski definition) is 1. The minimum absolute atomic E-state index is 0.415. The van der Waals surface area contributed by atoms with E-state index in [0.717, 1.165) is 0 Å². The molecule has 0 aromatic carbocycles. The van der Waals surface area contributed by atoms with Gasteiger partial charge in [-0.05, 0) is 13.8 Å². The van der Waals surface area contributed by atoms with Gasteiger partial charge in [0, 0.05) is 18.9 Å². The van der Waals surface area contributed by atoms with Crippen LogP contribution in [0.25, 0.3) is 0 Å². The zero-order valence-corrected chi connectivity index (χ0v) is 6.96. The highest BCUT2D eigenvalue weighted by molar-refractivity contribution is 5.82. The third-order valence-electron chi connectivity index (χ3n) is 0.960. The van der Waals surface area contributed by atoms with Crippen molar-refractivity contribution in [1.29, 1.82) is 0 Å². The number of methoxy groups -OCH3 is 1. The van der Waals surface area contributed by atoms with Gasteiger partial charge in [-0.1, -0.05) is 0 Å². The highest BCUT2D eigenvalue weighted by atomic mass is 16.7. The molecule has 0 bridgehead atoms. The summed E-state index contributed by atoms with van der Waals surface area (Å²) in [5.41, 5.74) is 5.65. The van der Waals surface area contributed by atoms with Crippen molar-refractivity contribution < 1.29 is 14.3 Å². The summed E-state index contributed by atoms with van der Waals surface area (Å²) in [6.45, 7) is 3.23. The van der Waals surface area contributed by atoms with Crippen LogP contribution in [0.15, 0.2) is 11.8 Å². The average molecular weight is 159 g/mol. The normalized spacial score (nSPS) is 14.3. The van der Waals surface area contributed by atoms with Gasteiger partial charge < -0.3 is 15.2 Å². The number of carbonyl (C=O) groups is 1. The maximum Gasteiger partial charge on any atom is 0.334 e. The Bertz CT molecular complexity index is 161. The van der Waals surface area contributed by atoms with Gasteiger partial charge in [0.25, 0.3) is 0 Å². The monoisotopic (exact) mass is 159 g/mol. The molecular weight excluding hydrogens is 146 g/mol. The zero-order chi connectivity index (χ0) is 8.85. The quantitative estimate of drug-likeness (QED) is 0.367. The van der Waals surface area contributed by atoms with Gasteiger partial charge in [0.15, 0.2) is 6.29 Å². The van der Waals surface area contributed by atoms with Crippen LogP contribution in [0, 0.1) is 0 Å². The fourth-order valence-corrected chi connectivity index (χ4v) is 0.432. The molecule has 0 fully saturated rings. The molecule has 0 aromatic heterocycles. The van der Waals surface area contributed by atoms with Gasteiger partial charge in [-0.25, -0.2) is 4.79 Å². The predicted molar refractivity (Wildman–Crippen MR) is 40.5 cm³/mol. The average Bonchev–Trinajstić information content (AvgIpc) is 1.85.